The molecule has 2 aliphatic rings. The van der Waals surface area contributed by atoms with Gasteiger partial charge in [0.25, 0.3) is 0 Å². The molecule has 0 radical (unpaired) electrons. The second kappa shape index (κ2) is 9.50. The zero-order chi connectivity index (χ0) is 24.5. The van der Waals surface area contributed by atoms with Crippen molar-refractivity contribution in [2.45, 2.75) is 63.5 Å². The van der Waals surface area contributed by atoms with Gasteiger partial charge >= 0.3 is 0 Å². The molecule has 0 atom stereocenters. The molecule has 0 bridgehead atoms. The van der Waals surface area contributed by atoms with Crippen molar-refractivity contribution in [1.82, 2.24) is 9.97 Å². The zero-order valence-corrected chi connectivity index (χ0v) is 20.8. The van der Waals surface area contributed by atoms with Gasteiger partial charge in [0.15, 0.2) is 0 Å². The first kappa shape index (κ1) is 24.4. The zero-order valence-electron chi connectivity index (χ0n) is 20.0. The molecular weight excluding hydrogens is 454 g/mol. The third-order valence-electron chi connectivity index (χ3n) is 6.52. The van der Waals surface area contributed by atoms with Crippen LogP contribution in [0.5, 0.6) is 5.75 Å². The highest BCUT2D eigenvalue weighted by atomic mass is 32.2. The van der Waals surface area contributed by atoms with Crippen molar-refractivity contribution in [2.24, 2.45) is 10.9 Å². The largest absolute Gasteiger partial charge is 0.490 e. The molecule has 0 saturated heterocycles. The Hall–Kier alpha value is -2.72. The highest BCUT2D eigenvalue weighted by molar-refractivity contribution is 7.90. The van der Waals surface area contributed by atoms with Crippen molar-refractivity contribution in [3.05, 3.63) is 35.7 Å². The van der Waals surface area contributed by atoms with Gasteiger partial charge < -0.3 is 21.0 Å². The molecule has 4 rings (SSSR count). The van der Waals surface area contributed by atoms with E-state index in [0.717, 1.165) is 53.8 Å². The molecule has 1 fully saturated rings. The van der Waals surface area contributed by atoms with E-state index in [0.29, 0.717) is 18.0 Å². The molecule has 0 unspecified atom stereocenters. The Bertz CT molecular complexity index is 1190. The lowest BCUT2D eigenvalue weighted by atomic mass is 9.70. The lowest BCUT2D eigenvalue weighted by molar-refractivity contribution is 0.143. The number of aromatic nitrogens is 2. The third-order valence-corrected chi connectivity index (χ3v) is 7.55. The molecule has 1 aromatic heterocycles. The number of benzene rings is 1. The van der Waals surface area contributed by atoms with E-state index in [-0.39, 0.29) is 24.5 Å². The number of hydrogen-bond acceptors (Lipinski definition) is 9. The minimum Gasteiger partial charge on any atom is -0.490 e. The van der Waals surface area contributed by atoms with Gasteiger partial charge in [0.2, 0.25) is 0 Å². The summed E-state index contributed by atoms with van der Waals surface area (Å²) in [6.45, 7) is 4.20. The summed E-state index contributed by atoms with van der Waals surface area (Å²) in [5, 5.41) is 4.47. The van der Waals surface area contributed by atoms with E-state index in [1.165, 1.54) is 12.6 Å². The maximum Gasteiger partial charge on any atom is 0.147 e. The predicted octanol–water partition coefficient (Wildman–Crippen LogP) is 2.82. The summed E-state index contributed by atoms with van der Waals surface area (Å²) >= 11 is 0. The number of oxime groups is 1. The molecule has 2 aromatic rings. The molecular formula is C24H33N5O4S. The van der Waals surface area contributed by atoms with Crippen LogP contribution in [0.15, 0.2) is 29.7 Å². The Morgan fingerprint density at radius 2 is 1.88 bits per heavy atom. The van der Waals surface area contributed by atoms with Crippen LogP contribution in [0.2, 0.25) is 0 Å². The van der Waals surface area contributed by atoms with E-state index in [2.05, 4.69) is 15.1 Å². The van der Waals surface area contributed by atoms with Crippen LogP contribution < -0.4 is 16.2 Å². The average molecular weight is 488 g/mol. The van der Waals surface area contributed by atoms with Gasteiger partial charge in [-0.05, 0) is 64.2 Å². The van der Waals surface area contributed by atoms with Crippen LogP contribution in [-0.2, 0) is 20.1 Å². The number of rotatable bonds is 7. The van der Waals surface area contributed by atoms with E-state index in [1.807, 2.05) is 32.0 Å². The van der Waals surface area contributed by atoms with E-state index in [9.17, 15) is 8.42 Å². The van der Waals surface area contributed by atoms with Gasteiger partial charge in [-0.3, -0.25) is 0 Å². The van der Waals surface area contributed by atoms with Crippen LogP contribution in [0.1, 0.15) is 57.1 Å². The molecule has 1 saturated carbocycles. The highest BCUT2D eigenvalue weighted by Crippen LogP contribution is 2.45. The minimum atomic E-state index is -3.06. The van der Waals surface area contributed by atoms with Gasteiger partial charge in [-0.2, -0.15) is 0 Å². The molecule has 9 nitrogen and oxygen atoms in total. The van der Waals surface area contributed by atoms with Crippen LogP contribution in [0.3, 0.4) is 0 Å². The van der Waals surface area contributed by atoms with Crippen LogP contribution in [0, 0.1) is 0 Å². The Labute approximate surface area is 200 Å². The second-order valence-electron chi connectivity index (χ2n) is 9.73. The van der Waals surface area contributed by atoms with Gasteiger partial charge in [-0.1, -0.05) is 5.16 Å². The molecule has 2 aliphatic carbocycles. The molecule has 0 spiro atoms. The van der Waals surface area contributed by atoms with E-state index >= 15 is 0 Å². The number of sulfone groups is 1. The number of fused-ring (bicyclic) bond motifs is 3. The standard InChI is InChI=1S/C24H33N5O4S/c1-24(2)20-21(27-14-28-23(20)26)18-10-9-17(33-16-7-5-15(25)6-8-16)13-19(18)22(24)29-32-11-4-12-34(3,30)31/h9-10,13-16H,4-8,11-12,25H2,1-3H3,(H2,26,27,28)/b29-22+. The topological polar surface area (TPSA) is 143 Å². The molecule has 1 heterocycles. The van der Waals surface area contributed by atoms with Gasteiger partial charge in [-0.15, -0.1) is 0 Å². The highest BCUT2D eigenvalue weighted by Gasteiger charge is 2.41. The quantitative estimate of drug-likeness (QED) is 0.448. The van der Waals surface area contributed by atoms with Crippen LogP contribution >= 0.6 is 0 Å². The van der Waals surface area contributed by atoms with Crippen molar-refractivity contribution in [1.29, 1.82) is 0 Å². The summed E-state index contributed by atoms with van der Waals surface area (Å²) in [7, 11) is -3.06. The van der Waals surface area contributed by atoms with Crippen LogP contribution in [-0.4, -0.2) is 54.9 Å². The van der Waals surface area contributed by atoms with Crippen molar-refractivity contribution in [3.63, 3.8) is 0 Å². The molecule has 10 heteroatoms. The van der Waals surface area contributed by atoms with E-state index in [4.69, 9.17) is 21.0 Å². The van der Waals surface area contributed by atoms with Crippen LogP contribution in [0.4, 0.5) is 5.82 Å². The number of nitrogen functional groups attached to an aromatic ring is 1. The third kappa shape index (κ3) is 5.17. The summed E-state index contributed by atoms with van der Waals surface area (Å²) in [6.07, 6.45) is 6.95. The van der Waals surface area contributed by atoms with Crippen molar-refractivity contribution in [2.75, 3.05) is 24.3 Å². The Balaban J connectivity index is 1.68. The van der Waals surface area contributed by atoms with Gasteiger partial charge in [0.1, 0.15) is 34.3 Å². The normalized spacial score (nSPS) is 22.6. The maximum absolute atomic E-state index is 11.4. The molecule has 0 amide bonds. The summed E-state index contributed by atoms with van der Waals surface area (Å²) in [5.41, 5.74) is 15.6. The molecule has 0 aliphatic heterocycles. The van der Waals surface area contributed by atoms with E-state index in [1.54, 1.807) is 0 Å². The number of anilines is 1. The minimum absolute atomic E-state index is 0.0461. The van der Waals surface area contributed by atoms with E-state index < -0.39 is 15.3 Å². The Morgan fingerprint density at radius 1 is 1.15 bits per heavy atom. The Morgan fingerprint density at radius 3 is 2.59 bits per heavy atom. The lowest BCUT2D eigenvalue weighted by Crippen LogP contribution is -2.36. The summed E-state index contributed by atoms with van der Waals surface area (Å²) in [6, 6.07) is 6.15. The Kier molecular flexibility index (Phi) is 6.82. The molecule has 1 aromatic carbocycles. The first-order valence-corrected chi connectivity index (χ1v) is 13.7. The average Bonchev–Trinajstić information content (AvgIpc) is 2.76. The van der Waals surface area contributed by atoms with Gasteiger partial charge in [0, 0.05) is 34.4 Å². The van der Waals surface area contributed by atoms with Crippen molar-refractivity contribution >= 4 is 21.4 Å². The number of nitrogens with zero attached hydrogens (tertiary/aromatic N) is 3. The lowest BCUT2D eigenvalue weighted by Gasteiger charge is -2.35. The fourth-order valence-corrected chi connectivity index (χ4v) is 5.37. The number of nitrogens with two attached hydrogens (primary N) is 2. The predicted molar refractivity (Wildman–Crippen MR) is 133 cm³/mol. The molecule has 34 heavy (non-hydrogen) atoms. The van der Waals surface area contributed by atoms with Crippen molar-refractivity contribution < 1.29 is 18.0 Å². The maximum atomic E-state index is 11.4. The number of ether oxygens (including phenoxy) is 1. The SMILES string of the molecule is CC1(C)/C(=N/OCCCS(C)(=O)=O)c2cc(OC3CCC(N)CC3)ccc2-c2ncnc(N)c21. The smallest absolute Gasteiger partial charge is 0.147 e. The van der Waals surface area contributed by atoms with Crippen LogP contribution in [0.25, 0.3) is 11.3 Å². The van der Waals surface area contributed by atoms with Gasteiger partial charge in [0.05, 0.1) is 23.3 Å². The summed E-state index contributed by atoms with van der Waals surface area (Å²) in [4.78, 5) is 14.3. The molecule has 184 valence electrons. The number of hydrogen-bond donors (Lipinski definition) is 2. The summed E-state index contributed by atoms with van der Waals surface area (Å²) < 4.78 is 29.1. The molecule has 4 N–H and O–H groups in total. The second-order valence-corrected chi connectivity index (χ2v) is 12.0. The summed E-state index contributed by atoms with van der Waals surface area (Å²) in [5.74, 6) is 1.19. The fraction of sp³-hybridized carbons (Fsp3) is 0.542. The first-order chi connectivity index (χ1) is 16.1. The monoisotopic (exact) mass is 487 g/mol. The first-order valence-electron chi connectivity index (χ1n) is 11.6. The fourth-order valence-electron chi connectivity index (χ4n) is 4.73. The van der Waals surface area contributed by atoms with Crippen molar-refractivity contribution in [3.8, 4) is 17.0 Å². The van der Waals surface area contributed by atoms with Gasteiger partial charge in [-0.25, -0.2) is 18.4 Å².